The van der Waals surface area contributed by atoms with Crippen LogP contribution in [0, 0.1) is 24.0 Å². The molecule has 46 valence electrons. The number of hydrogen-bond acceptors (Lipinski definition) is 1. The first-order chi connectivity index (χ1) is 4.84. The number of hydrogen-bond donors (Lipinski definition) is 0. The van der Waals surface area contributed by atoms with Crippen LogP contribution in [0.15, 0.2) is 24.3 Å². The first kappa shape index (κ1) is 6.57. The van der Waals surface area contributed by atoms with E-state index in [4.69, 9.17) is 11.8 Å². The maximum Gasteiger partial charge on any atom is 0.0998 e. The molecule has 1 rings (SSSR count). The van der Waals surface area contributed by atoms with Gasteiger partial charge in [-0.25, -0.2) is 0 Å². The third-order valence-electron chi connectivity index (χ3n) is 1.12. The van der Waals surface area contributed by atoms with E-state index in [2.05, 4.69) is 6.07 Å². The zero-order valence-electron chi connectivity index (χ0n) is 5.33. The Morgan fingerprint density at radius 2 is 2.40 bits per heavy atom. The largest absolute Gasteiger partial charge is 0.192 e. The monoisotopic (exact) mass is 127 g/mol. The maximum atomic E-state index is 8.36. The summed E-state index contributed by atoms with van der Waals surface area (Å²) in [5.74, 6) is 0. The van der Waals surface area contributed by atoms with Crippen molar-refractivity contribution < 1.29 is 0 Å². The van der Waals surface area contributed by atoms with E-state index in [0.29, 0.717) is 5.56 Å². The molecule has 0 saturated carbocycles. The van der Waals surface area contributed by atoms with Gasteiger partial charge in [-0.2, -0.15) is 5.26 Å². The molecule has 0 saturated heterocycles. The van der Waals surface area contributed by atoms with Gasteiger partial charge in [0.05, 0.1) is 11.6 Å². The molecule has 0 N–H and O–H groups in total. The summed E-state index contributed by atoms with van der Waals surface area (Å²) in [5, 5.41) is 8.36. The number of allylic oxidation sites excluding steroid dienone is 1. The zero-order valence-corrected chi connectivity index (χ0v) is 5.33. The lowest BCUT2D eigenvalue weighted by atomic mass is 10.1. The molecule has 0 aliphatic carbocycles. The second-order valence-corrected chi connectivity index (χ2v) is 1.80. The summed E-state index contributed by atoms with van der Waals surface area (Å²) >= 11 is 0. The third-order valence-corrected chi connectivity index (χ3v) is 1.12. The van der Waals surface area contributed by atoms with Crippen molar-refractivity contribution in [3.8, 4) is 6.07 Å². The van der Waals surface area contributed by atoms with Crippen LogP contribution in [0.5, 0.6) is 0 Å². The van der Waals surface area contributed by atoms with Crippen LogP contribution < -0.4 is 0 Å². The standard InChI is InChI=1S/C9H5N/c1-8(7-10)9-5-3-2-4-6-9/h1-5H. The molecular formula is C9H5N. The summed E-state index contributed by atoms with van der Waals surface area (Å²) in [6.45, 7) is 5.32. The summed E-state index contributed by atoms with van der Waals surface area (Å²) in [4.78, 5) is 0. The Labute approximate surface area is 60.2 Å². The van der Waals surface area contributed by atoms with E-state index in [-0.39, 0.29) is 5.57 Å². The average Bonchev–Trinajstić information content (AvgIpc) is 2.05. The molecule has 1 aromatic carbocycles. The van der Waals surface area contributed by atoms with Gasteiger partial charge in [-0.05, 0) is 12.6 Å². The van der Waals surface area contributed by atoms with Crippen molar-refractivity contribution >= 4 is 5.57 Å². The van der Waals surface area contributed by atoms with Crippen molar-refractivity contribution in [3.63, 3.8) is 0 Å². The first-order valence-corrected chi connectivity index (χ1v) is 2.84. The summed E-state index contributed by atoms with van der Waals surface area (Å²) in [5.41, 5.74) is 0.866. The molecule has 0 aromatic heterocycles. The molecule has 1 nitrogen and oxygen atoms in total. The van der Waals surface area contributed by atoms with Crippen molar-refractivity contribution in [3.05, 3.63) is 42.5 Å². The molecule has 2 radical (unpaired) electrons. The molecule has 1 aromatic rings. The summed E-state index contributed by atoms with van der Waals surface area (Å²) in [6.07, 6.45) is 0. The number of benzene rings is 1. The fourth-order valence-corrected chi connectivity index (χ4v) is 0.621. The Morgan fingerprint density at radius 3 is 2.90 bits per heavy atom. The minimum Gasteiger partial charge on any atom is -0.192 e. The molecular weight excluding hydrogens is 122 g/mol. The van der Waals surface area contributed by atoms with Gasteiger partial charge in [-0.3, -0.25) is 0 Å². The lowest BCUT2D eigenvalue weighted by molar-refractivity contribution is 1.52. The van der Waals surface area contributed by atoms with Gasteiger partial charge >= 0.3 is 0 Å². The minimum atomic E-state index is 0.209. The Kier molecular flexibility index (Phi) is 1.86. The van der Waals surface area contributed by atoms with Gasteiger partial charge in [0.2, 0.25) is 0 Å². The maximum absolute atomic E-state index is 8.36. The van der Waals surface area contributed by atoms with E-state index < -0.39 is 0 Å². The summed E-state index contributed by atoms with van der Waals surface area (Å²) < 4.78 is 0. The van der Waals surface area contributed by atoms with Gasteiger partial charge in [-0.1, -0.05) is 24.3 Å². The molecule has 10 heavy (non-hydrogen) atoms. The molecule has 0 fully saturated rings. The first-order valence-electron chi connectivity index (χ1n) is 2.84. The quantitative estimate of drug-likeness (QED) is 0.528. The second kappa shape index (κ2) is 2.84. The molecule has 0 amide bonds. The van der Waals surface area contributed by atoms with E-state index in [9.17, 15) is 0 Å². The van der Waals surface area contributed by atoms with E-state index in [1.807, 2.05) is 18.2 Å². The van der Waals surface area contributed by atoms with Crippen LogP contribution in [0.1, 0.15) is 5.56 Å². The lowest BCUT2D eigenvalue weighted by Gasteiger charge is -1.91. The SMILES string of the molecule is [CH]=C(C#N)c1[c]cccc1. The molecule has 0 unspecified atom stereocenters. The van der Waals surface area contributed by atoms with E-state index in [1.165, 1.54) is 0 Å². The fourth-order valence-electron chi connectivity index (χ4n) is 0.621. The molecule has 1 heteroatoms. The zero-order chi connectivity index (χ0) is 7.40. The highest BCUT2D eigenvalue weighted by Gasteiger charge is 1.93. The van der Waals surface area contributed by atoms with Crippen LogP contribution in [0.4, 0.5) is 0 Å². The Balaban J connectivity index is 2.99. The second-order valence-electron chi connectivity index (χ2n) is 1.80. The van der Waals surface area contributed by atoms with Crippen LogP contribution in [-0.4, -0.2) is 0 Å². The van der Waals surface area contributed by atoms with Gasteiger partial charge in [-0.15, -0.1) is 0 Å². The van der Waals surface area contributed by atoms with Crippen molar-refractivity contribution in [2.24, 2.45) is 0 Å². The normalized spacial score (nSPS) is 8.30. The van der Waals surface area contributed by atoms with Gasteiger partial charge in [0, 0.05) is 5.56 Å². The molecule has 0 aliphatic heterocycles. The van der Waals surface area contributed by atoms with Crippen LogP contribution in [0.3, 0.4) is 0 Å². The highest BCUT2D eigenvalue weighted by atomic mass is 14.2. The Morgan fingerprint density at radius 1 is 1.60 bits per heavy atom. The summed E-state index contributed by atoms with van der Waals surface area (Å²) in [7, 11) is 0. The number of nitrogens with zero attached hydrogens (tertiary/aromatic N) is 1. The van der Waals surface area contributed by atoms with Crippen molar-refractivity contribution in [1.29, 1.82) is 5.26 Å². The van der Waals surface area contributed by atoms with E-state index in [1.54, 1.807) is 12.1 Å². The van der Waals surface area contributed by atoms with Gasteiger partial charge in [0.1, 0.15) is 0 Å². The van der Waals surface area contributed by atoms with Crippen LogP contribution in [0.25, 0.3) is 5.57 Å². The van der Waals surface area contributed by atoms with Crippen LogP contribution >= 0.6 is 0 Å². The highest BCUT2D eigenvalue weighted by molar-refractivity contribution is 5.72. The lowest BCUT2D eigenvalue weighted by Crippen LogP contribution is -1.76. The topological polar surface area (TPSA) is 23.8 Å². The Bertz CT molecular complexity index is 267. The minimum absolute atomic E-state index is 0.209. The van der Waals surface area contributed by atoms with E-state index in [0.717, 1.165) is 0 Å². The molecule has 0 atom stereocenters. The van der Waals surface area contributed by atoms with Crippen molar-refractivity contribution in [1.82, 2.24) is 0 Å². The predicted octanol–water partition coefficient (Wildman–Crippen LogP) is 1.83. The fraction of sp³-hybridized carbons (Fsp3) is 0. The van der Waals surface area contributed by atoms with Crippen LogP contribution in [-0.2, 0) is 0 Å². The van der Waals surface area contributed by atoms with Gasteiger partial charge < -0.3 is 0 Å². The van der Waals surface area contributed by atoms with Crippen molar-refractivity contribution in [2.75, 3.05) is 0 Å². The Hall–Kier alpha value is -1.55. The molecule has 0 aliphatic rings. The summed E-state index contributed by atoms with van der Waals surface area (Å²) in [6, 6.07) is 11.8. The van der Waals surface area contributed by atoms with Gasteiger partial charge in [0.25, 0.3) is 0 Å². The van der Waals surface area contributed by atoms with Crippen molar-refractivity contribution in [2.45, 2.75) is 0 Å². The highest BCUT2D eigenvalue weighted by Crippen LogP contribution is 2.07. The molecule has 0 heterocycles. The average molecular weight is 127 g/mol. The predicted molar refractivity (Wildman–Crippen MR) is 38.6 cm³/mol. The molecule has 0 bridgehead atoms. The number of nitriles is 1. The van der Waals surface area contributed by atoms with Gasteiger partial charge in [0.15, 0.2) is 0 Å². The molecule has 0 spiro atoms. The third kappa shape index (κ3) is 1.24. The van der Waals surface area contributed by atoms with Crippen LogP contribution in [0.2, 0.25) is 0 Å². The number of rotatable bonds is 1. The van der Waals surface area contributed by atoms with E-state index >= 15 is 0 Å². The smallest absolute Gasteiger partial charge is 0.0998 e.